The van der Waals surface area contributed by atoms with Gasteiger partial charge in [-0.15, -0.1) is 0 Å². The number of nitrogens with one attached hydrogen (secondary N) is 1. The van der Waals surface area contributed by atoms with Gasteiger partial charge in [0.1, 0.15) is 0 Å². The smallest absolute Gasteiger partial charge is 0.296 e. The number of hydrogen-bond donors (Lipinski definition) is 1. The maximum absolute atomic E-state index is 11.2. The minimum absolute atomic E-state index is 0.402. The molecule has 1 amide bonds. The highest BCUT2D eigenvalue weighted by Crippen LogP contribution is 2.18. The lowest BCUT2D eigenvalue weighted by atomic mass is 10.1. The fourth-order valence-corrected chi connectivity index (χ4v) is 1.28. The number of amides is 1. The summed E-state index contributed by atoms with van der Waals surface area (Å²) < 4.78 is 0. The van der Waals surface area contributed by atoms with Crippen molar-refractivity contribution in [3.8, 4) is 0 Å². The zero-order chi connectivity index (χ0) is 8.55. The van der Waals surface area contributed by atoms with Crippen molar-refractivity contribution in [1.82, 2.24) is 5.32 Å². The topological polar surface area (TPSA) is 46.2 Å². The van der Waals surface area contributed by atoms with E-state index in [1.54, 1.807) is 12.2 Å². The van der Waals surface area contributed by atoms with Crippen LogP contribution in [0.15, 0.2) is 35.6 Å². The molecule has 0 aromatic heterocycles. The van der Waals surface area contributed by atoms with Crippen LogP contribution in [0.2, 0.25) is 0 Å². The highest BCUT2D eigenvalue weighted by molar-refractivity contribution is 6.45. The summed E-state index contributed by atoms with van der Waals surface area (Å²) in [7, 11) is 0. The first-order chi connectivity index (χ1) is 5.79. The molecular weight excluding hydrogens is 154 g/mol. The summed E-state index contributed by atoms with van der Waals surface area (Å²) in [5.74, 6) is -0.916. The lowest BCUT2D eigenvalue weighted by Crippen LogP contribution is -2.20. The summed E-state index contributed by atoms with van der Waals surface area (Å²) in [6.45, 7) is 0. The van der Waals surface area contributed by atoms with Gasteiger partial charge < -0.3 is 5.32 Å². The van der Waals surface area contributed by atoms with Crippen LogP contribution in [0, 0.1) is 0 Å². The summed E-state index contributed by atoms with van der Waals surface area (Å²) in [5.41, 5.74) is 1.22. The van der Waals surface area contributed by atoms with E-state index in [-0.39, 0.29) is 0 Å². The molecule has 1 aliphatic heterocycles. The van der Waals surface area contributed by atoms with E-state index in [1.165, 1.54) is 0 Å². The second-order valence-electron chi connectivity index (χ2n) is 2.67. The van der Waals surface area contributed by atoms with Gasteiger partial charge in [-0.3, -0.25) is 9.59 Å². The minimum Gasteiger partial charge on any atom is -0.319 e. The molecule has 2 rings (SSSR count). The Morgan fingerprint density at radius 1 is 1.25 bits per heavy atom. The van der Waals surface area contributed by atoms with Crippen LogP contribution in [0.25, 0.3) is 0 Å². The third kappa shape index (κ3) is 0.906. The molecule has 0 radical (unpaired) electrons. The fourth-order valence-electron chi connectivity index (χ4n) is 1.28. The van der Waals surface area contributed by atoms with Crippen molar-refractivity contribution in [2.75, 3.05) is 0 Å². The molecular formula is C9H7NO2. The van der Waals surface area contributed by atoms with Crippen LogP contribution < -0.4 is 5.32 Å². The van der Waals surface area contributed by atoms with E-state index < -0.39 is 11.7 Å². The monoisotopic (exact) mass is 161 g/mol. The Balaban J connectivity index is 2.43. The molecule has 0 saturated heterocycles. The molecule has 0 aromatic rings. The van der Waals surface area contributed by atoms with E-state index in [0.29, 0.717) is 17.7 Å². The number of ketones is 1. The van der Waals surface area contributed by atoms with Crippen molar-refractivity contribution in [3.63, 3.8) is 0 Å². The summed E-state index contributed by atoms with van der Waals surface area (Å²) in [6, 6.07) is 0. The average molecular weight is 161 g/mol. The molecule has 0 aromatic carbocycles. The molecule has 2 aliphatic rings. The van der Waals surface area contributed by atoms with Crippen molar-refractivity contribution < 1.29 is 9.59 Å². The highest BCUT2D eigenvalue weighted by atomic mass is 16.2. The fraction of sp³-hybridized carbons (Fsp3) is 0.111. The van der Waals surface area contributed by atoms with Crippen molar-refractivity contribution in [1.29, 1.82) is 0 Å². The summed E-state index contributed by atoms with van der Waals surface area (Å²) in [6.07, 6.45) is 7.80. The van der Waals surface area contributed by atoms with Crippen LogP contribution in [0.5, 0.6) is 0 Å². The maximum atomic E-state index is 11.2. The second-order valence-corrected chi connectivity index (χ2v) is 2.67. The van der Waals surface area contributed by atoms with Crippen LogP contribution in [0.3, 0.4) is 0 Å². The van der Waals surface area contributed by atoms with Crippen molar-refractivity contribution in [2.24, 2.45) is 0 Å². The van der Waals surface area contributed by atoms with Gasteiger partial charge in [-0.25, -0.2) is 0 Å². The molecule has 0 spiro atoms. The predicted molar refractivity (Wildman–Crippen MR) is 43.1 cm³/mol. The predicted octanol–water partition coefficient (Wildman–Crippen LogP) is 0.455. The molecule has 0 saturated carbocycles. The number of carbonyl (C=O) groups is 2. The van der Waals surface area contributed by atoms with Gasteiger partial charge in [0.15, 0.2) is 0 Å². The normalized spacial score (nSPS) is 21.0. The molecule has 1 N–H and O–H groups in total. The zero-order valence-corrected chi connectivity index (χ0v) is 6.33. The van der Waals surface area contributed by atoms with Crippen LogP contribution in [0.4, 0.5) is 0 Å². The number of hydrogen-bond acceptors (Lipinski definition) is 2. The molecule has 1 heterocycles. The Hall–Kier alpha value is -1.64. The number of carbonyl (C=O) groups excluding carboxylic acids is 2. The lowest BCUT2D eigenvalue weighted by Gasteiger charge is -1.92. The first-order valence-electron chi connectivity index (χ1n) is 3.71. The van der Waals surface area contributed by atoms with E-state index >= 15 is 0 Å². The number of allylic oxidation sites excluding steroid dienone is 4. The standard InChI is InChI=1S/C9H7NO2/c11-8-6-4-2-1-3-5-7(6)10-9(8)12/h1-3,5H,4H2,(H,10,11,12). The molecule has 0 fully saturated rings. The van der Waals surface area contributed by atoms with Gasteiger partial charge in [-0.05, 0) is 12.5 Å². The largest absolute Gasteiger partial charge is 0.319 e. The summed E-state index contributed by atoms with van der Waals surface area (Å²) >= 11 is 0. The van der Waals surface area contributed by atoms with Crippen LogP contribution in [0.1, 0.15) is 6.42 Å². The van der Waals surface area contributed by atoms with Gasteiger partial charge >= 0.3 is 0 Å². The lowest BCUT2D eigenvalue weighted by molar-refractivity contribution is -0.134. The van der Waals surface area contributed by atoms with Crippen LogP contribution in [-0.2, 0) is 9.59 Å². The Bertz CT molecular complexity index is 348. The van der Waals surface area contributed by atoms with Gasteiger partial charge in [0.25, 0.3) is 5.91 Å². The highest BCUT2D eigenvalue weighted by Gasteiger charge is 2.28. The van der Waals surface area contributed by atoms with Gasteiger partial charge in [-0.1, -0.05) is 18.2 Å². The van der Waals surface area contributed by atoms with Gasteiger partial charge in [-0.2, -0.15) is 0 Å². The Morgan fingerprint density at radius 3 is 2.92 bits per heavy atom. The third-order valence-electron chi connectivity index (χ3n) is 1.89. The van der Waals surface area contributed by atoms with Crippen molar-refractivity contribution >= 4 is 11.7 Å². The van der Waals surface area contributed by atoms with E-state index in [2.05, 4.69) is 5.32 Å². The Morgan fingerprint density at radius 2 is 2.08 bits per heavy atom. The molecule has 3 nitrogen and oxygen atoms in total. The summed E-state index contributed by atoms with van der Waals surface area (Å²) in [5, 5.41) is 2.51. The molecule has 3 heteroatoms. The molecule has 1 aliphatic carbocycles. The Labute approximate surface area is 69.5 Å². The van der Waals surface area contributed by atoms with Crippen molar-refractivity contribution in [2.45, 2.75) is 6.42 Å². The number of rotatable bonds is 0. The molecule has 0 atom stereocenters. The van der Waals surface area contributed by atoms with E-state index in [1.807, 2.05) is 12.2 Å². The van der Waals surface area contributed by atoms with E-state index in [0.717, 1.165) is 0 Å². The molecule has 12 heavy (non-hydrogen) atoms. The van der Waals surface area contributed by atoms with Crippen LogP contribution >= 0.6 is 0 Å². The summed E-state index contributed by atoms with van der Waals surface area (Å²) in [4.78, 5) is 22.0. The molecule has 60 valence electrons. The second kappa shape index (κ2) is 2.44. The first kappa shape index (κ1) is 7.03. The van der Waals surface area contributed by atoms with Gasteiger partial charge in [0.05, 0.1) is 0 Å². The Kier molecular flexibility index (Phi) is 1.43. The van der Waals surface area contributed by atoms with Gasteiger partial charge in [0, 0.05) is 11.3 Å². The van der Waals surface area contributed by atoms with Gasteiger partial charge in [0.2, 0.25) is 5.78 Å². The van der Waals surface area contributed by atoms with Crippen LogP contribution in [-0.4, -0.2) is 11.7 Å². The first-order valence-corrected chi connectivity index (χ1v) is 3.71. The molecule has 0 bridgehead atoms. The van der Waals surface area contributed by atoms with E-state index in [9.17, 15) is 9.59 Å². The third-order valence-corrected chi connectivity index (χ3v) is 1.89. The SMILES string of the molecule is O=C1NC2=C(CC=CC=C2)C1=O. The average Bonchev–Trinajstić information content (AvgIpc) is 2.30. The minimum atomic E-state index is -0.514. The number of Topliss-reactive ketones (excluding diaryl/α,β-unsaturated/α-hetero) is 1. The van der Waals surface area contributed by atoms with E-state index in [4.69, 9.17) is 0 Å². The quantitative estimate of drug-likeness (QED) is 0.524. The maximum Gasteiger partial charge on any atom is 0.296 e. The molecule has 0 unspecified atom stereocenters. The van der Waals surface area contributed by atoms with Crippen molar-refractivity contribution in [3.05, 3.63) is 35.6 Å². The zero-order valence-electron chi connectivity index (χ0n) is 6.33.